The van der Waals surface area contributed by atoms with Gasteiger partial charge in [-0.1, -0.05) is 0 Å². The molecule has 0 N–H and O–H groups in total. The molecule has 0 unspecified atom stereocenters. The Kier molecular flexibility index (Phi) is 4.54. The Morgan fingerprint density at radius 3 is 2.79 bits per heavy atom. The minimum atomic E-state index is -0.494. The highest BCUT2D eigenvalue weighted by Crippen LogP contribution is 2.42. The maximum Gasteiger partial charge on any atom is 0.338 e. The van der Waals surface area contributed by atoms with E-state index in [4.69, 9.17) is 9.47 Å². The van der Waals surface area contributed by atoms with Crippen LogP contribution in [0.5, 0.6) is 0 Å². The van der Waals surface area contributed by atoms with Crippen molar-refractivity contribution in [3.05, 3.63) is 63.8 Å². The predicted molar refractivity (Wildman–Crippen MR) is 90.7 cm³/mol. The van der Waals surface area contributed by atoms with Crippen molar-refractivity contribution < 1.29 is 14.3 Å². The van der Waals surface area contributed by atoms with E-state index >= 15 is 0 Å². The number of aromatic nitrogens is 1. The number of thiophene rings is 1. The fraction of sp³-hybridized carbons (Fsp3) is 0.222. The van der Waals surface area contributed by atoms with Crippen molar-refractivity contribution >= 4 is 23.2 Å². The summed E-state index contributed by atoms with van der Waals surface area (Å²) in [5, 5.41) is 13.6. The van der Waals surface area contributed by atoms with Crippen molar-refractivity contribution in [2.45, 2.75) is 19.8 Å². The van der Waals surface area contributed by atoms with Crippen molar-refractivity contribution in [3.8, 4) is 6.07 Å². The molecule has 6 heteroatoms. The predicted octanol–water partition coefficient (Wildman–Crippen LogP) is 3.89. The topological polar surface area (TPSA) is 64.2 Å². The minimum Gasteiger partial charge on any atom is -0.463 e. The van der Waals surface area contributed by atoms with Gasteiger partial charge in [0.05, 0.1) is 18.1 Å². The molecule has 0 radical (unpaired) electrons. The first-order chi connectivity index (χ1) is 11.7. The van der Waals surface area contributed by atoms with Gasteiger partial charge in [0, 0.05) is 12.4 Å². The summed E-state index contributed by atoms with van der Waals surface area (Å²) in [6.07, 6.45) is 3.61. The van der Waals surface area contributed by atoms with Gasteiger partial charge in [-0.15, -0.1) is 0 Å². The Hall–Kier alpha value is -2.78. The third-order valence-electron chi connectivity index (χ3n) is 3.77. The molecular weight excluding hydrogens is 324 g/mol. The van der Waals surface area contributed by atoms with Gasteiger partial charge in [0.15, 0.2) is 0 Å². The molecule has 0 amide bonds. The number of carbonyl (C=O) groups is 1. The number of hydrogen-bond acceptors (Lipinski definition) is 5. The number of nitrogens with zero attached hydrogens (tertiary/aromatic N) is 2. The molecule has 0 spiro atoms. The van der Waals surface area contributed by atoms with Crippen molar-refractivity contribution in [1.82, 2.24) is 4.57 Å². The Morgan fingerprint density at radius 2 is 2.21 bits per heavy atom. The van der Waals surface area contributed by atoms with Crippen molar-refractivity contribution in [3.63, 3.8) is 0 Å². The lowest BCUT2D eigenvalue weighted by molar-refractivity contribution is -0.139. The summed E-state index contributed by atoms with van der Waals surface area (Å²) in [5.41, 5.74) is 1.65. The van der Waals surface area contributed by atoms with E-state index in [2.05, 4.69) is 6.07 Å². The third-order valence-corrected chi connectivity index (χ3v) is 4.47. The van der Waals surface area contributed by atoms with Crippen LogP contribution in [0.25, 0.3) is 5.88 Å². The van der Waals surface area contributed by atoms with E-state index in [1.54, 1.807) is 30.8 Å². The molecule has 122 valence electrons. The maximum absolute atomic E-state index is 12.5. The average molecular weight is 340 g/mol. The van der Waals surface area contributed by atoms with E-state index in [0.717, 1.165) is 5.56 Å². The van der Waals surface area contributed by atoms with Crippen LogP contribution in [-0.4, -0.2) is 17.1 Å². The van der Waals surface area contributed by atoms with Gasteiger partial charge in [-0.3, -0.25) is 4.57 Å². The van der Waals surface area contributed by atoms with Gasteiger partial charge in [0.1, 0.15) is 17.4 Å². The summed E-state index contributed by atoms with van der Waals surface area (Å²) in [7, 11) is 0. The quantitative estimate of drug-likeness (QED) is 0.792. The van der Waals surface area contributed by atoms with Crippen LogP contribution in [-0.2, 0) is 14.3 Å². The standard InChI is InChI=1S/C18H16N2O3S/c1-3-22-18(21)15-12(2)23-17(20-7-4-5-8-20)14(10-19)16(15)13-6-9-24-11-13/h4-9,11,16H,3H2,1-2H3/t16-/m0/s1. The summed E-state index contributed by atoms with van der Waals surface area (Å²) < 4.78 is 12.8. The van der Waals surface area contributed by atoms with Crippen LogP contribution in [0.1, 0.15) is 25.3 Å². The van der Waals surface area contributed by atoms with Crippen molar-refractivity contribution in [2.24, 2.45) is 0 Å². The lowest BCUT2D eigenvalue weighted by atomic mass is 9.84. The zero-order chi connectivity index (χ0) is 17.1. The van der Waals surface area contributed by atoms with E-state index in [9.17, 15) is 10.1 Å². The highest BCUT2D eigenvalue weighted by atomic mass is 32.1. The number of ether oxygens (including phenoxy) is 2. The van der Waals surface area contributed by atoms with Crippen LogP contribution < -0.4 is 0 Å². The van der Waals surface area contributed by atoms with E-state index in [1.807, 2.05) is 29.0 Å². The van der Waals surface area contributed by atoms with E-state index in [0.29, 0.717) is 22.8 Å². The number of rotatable bonds is 4. The monoisotopic (exact) mass is 340 g/mol. The fourth-order valence-electron chi connectivity index (χ4n) is 2.74. The lowest BCUT2D eigenvalue weighted by Crippen LogP contribution is -2.23. The molecule has 0 saturated heterocycles. The third kappa shape index (κ3) is 2.74. The molecule has 2 aromatic heterocycles. The smallest absolute Gasteiger partial charge is 0.338 e. The molecule has 1 atom stereocenters. The molecule has 0 aromatic carbocycles. The van der Waals surface area contributed by atoms with Crippen LogP contribution in [0.2, 0.25) is 0 Å². The van der Waals surface area contributed by atoms with Crippen molar-refractivity contribution in [1.29, 1.82) is 5.26 Å². The highest BCUT2D eigenvalue weighted by molar-refractivity contribution is 7.08. The van der Waals surface area contributed by atoms with Crippen LogP contribution in [0.4, 0.5) is 0 Å². The molecule has 5 nitrogen and oxygen atoms in total. The number of hydrogen-bond donors (Lipinski definition) is 0. The van der Waals surface area contributed by atoms with Gasteiger partial charge in [0.25, 0.3) is 0 Å². The zero-order valence-corrected chi connectivity index (χ0v) is 14.2. The summed E-state index contributed by atoms with van der Waals surface area (Å²) in [6.45, 7) is 3.74. The molecule has 2 aromatic rings. The zero-order valence-electron chi connectivity index (χ0n) is 13.4. The molecule has 1 aliphatic rings. The Labute approximate surface area is 144 Å². The van der Waals surface area contributed by atoms with Crippen LogP contribution in [0, 0.1) is 11.3 Å². The summed E-state index contributed by atoms with van der Waals surface area (Å²) in [4.78, 5) is 12.5. The first-order valence-electron chi connectivity index (χ1n) is 7.52. The molecule has 0 bridgehead atoms. The normalized spacial score (nSPS) is 17.5. The van der Waals surface area contributed by atoms with Gasteiger partial charge in [-0.2, -0.15) is 16.6 Å². The molecule has 24 heavy (non-hydrogen) atoms. The Bertz CT molecular complexity index is 839. The first-order valence-corrected chi connectivity index (χ1v) is 8.47. The van der Waals surface area contributed by atoms with Gasteiger partial charge >= 0.3 is 5.97 Å². The largest absolute Gasteiger partial charge is 0.463 e. The number of nitriles is 1. The molecule has 0 aliphatic carbocycles. The SMILES string of the molecule is CCOC(=O)C1=C(C)OC(n2cccc2)=C(C#N)[C@@H]1c1ccsc1. The number of allylic oxidation sites excluding steroid dienone is 2. The fourth-order valence-corrected chi connectivity index (χ4v) is 3.43. The van der Waals surface area contributed by atoms with Crippen LogP contribution in [0.3, 0.4) is 0 Å². The molecule has 1 aliphatic heterocycles. The lowest BCUT2D eigenvalue weighted by Gasteiger charge is -2.28. The number of carbonyl (C=O) groups excluding carboxylic acids is 1. The maximum atomic E-state index is 12.5. The molecular formula is C18H16N2O3S. The Balaban J connectivity index is 2.18. The Morgan fingerprint density at radius 1 is 1.46 bits per heavy atom. The molecule has 3 rings (SSSR count). The van der Waals surface area contributed by atoms with Gasteiger partial charge in [-0.25, -0.2) is 4.79 Å². The molecule has 0 fully saturated rings. The second-order valence-corrected chi connectivity index (χ2v) is 5.98. The molecule has 3 heterocycles. The van der Waals surface area contributed by atoms with Gasteiger partial charge in [-0.05, 0) is 48.4 Å². The van der Waals surface area contributed by atoms with E-state index in [1.165, 1.54) is 11.3 Å². The van der Waals surface area contributed by atoms with Crippen molar-refractivity contribution in [2.75, 3.05) is 6.61 Å². The second kappa shape index (κ2) is 6.77. The van der Waals surface area contributed by atoms with E-state index in [-0.39, 0.29) is 6.61 Å². The molecule has 0 saturated carbocycles. The van der Waals surface area contributed by atoms with Crippen LogP contribution in [0.15, 0.2) is 58.3 Å². The number of esters is 1. The van der Waals surface area contributed by atoms with Gasteiger partial charge in [0.2, 0.25) is 5.88 Å². The highest BCUT2D eigenvalue weighted by Gasteiger charge is 2.37. The van der Waals surface area contributed by atoms with E-state index < -0.39 is 11.9 Å². The minimum absolute atomic E-state index is 0.266. The second-order valence-electron chi connectivity index (χ2n) is 5.20. The van der Waals surface area contributed by atoms with Gasteiger partial charge < -0.3 is 9.47 Å². The summed E-state index contributed by atoms with van der Waals surface area (Å²) >= 11 is 1.52. The first kappa shape index (κ1) is 16.1. The average Bonchev–Trinajstić information content (AvgIpc) is 3.27. The van der Waals surface area contributed by atoms with Crippen LogP contribution >= 0.6 is 11.3 Å². The summed E-state index contributed by atoms with van der Waals surface area (Å²) in [6, 6.07) is 7.84. The summed E-state index contributed by atoms with van der Waals surface area (Å²) in [5.74, 6) is -0.0754.